The molecule has 2 aromatic rings. The zero-order chi connectivity index (χ0) is 17.2. The monoisotopic (exact) mass is 327 g/mol. The van der Waals surface area contributed by atoms with Crippen molar-refractivity contribution in [3.05, 3.63) is 43.2 Å². The molecule has 0 fully saturated rings. The lowest BCUT2D eigenvalue weighted by Gasteiger charge is -2.21. The molecule has 0 aliphatic rings. The topological polar surface area (TPSA) is 45.5 Å². The maximum Gasteiger partial charge on any atom is 0.193 e. The Morgan fingerprint density at radius 2 is 2.21 bits per heavy atom. The molecule has 0 atom stereocenters. The lowest BCUT2D eigenvalue weighted by Crippen LogP contribution is -2.39. The van der Waals surface area contributed by atoms with Gasteiger partial charge in [0.15, 0.2) is 5.96 Å². The smallest absolute Gasteiger partial charge is 0.193 e. The molecule has 5 nitrogen and oxygen atoms in total. The predicted molar refractivity (Wildman–Crippen MR) is 102 cm³/mol. The molecule has 5 heteroatoms. The SMILES string of the molecule is C=CCCCN(C)C(=NCCCn1cnc2ccccc21)NCC. The molecule has 0 aliphatic carbocycles. The van der Waals surface area contributed by atoms with Crippen molar-refractivity contribution in [1.29, 1.82) is 0 Å². The number of hydrogen-bond donors (Lipinski definition) is 1. The summed E-state index contributed by atoms with van der Waals surface area (Å²) < 4.78 is 2.20. The molecule has 2 rings (SSSR count). The van der Waals surface area contributed by atoms with Gasteiger partial charge >= 0.3 is 0 Å². The summed E-state index contributed by atoms with van der Waals surface area (Å²) in [5.41, 5.74) is 2.24. The molecular weight excluding hydrogens is 298 g/mol. The van der Waals surface area contributed by atoms with Crippen LogP contribution in [0.2, 0.25) is 0 Å². The normalized spacial score (nSPS) is 11.7. The van der Waals surface area contributed by atoms with E-state index < -0.39 is 0 Å². The van der Waals surface area contributed by atoms with E-state index in [1.807, 2.05) is 24.5 Å². The lowest BCUT2D eigenvalue weighted by molar-refractivity contribution is 0.469. The molecule has 0 radical (unpaired) electrons. The molecule has 0 spiro atoms. The Labute approximate surface area is 145 Å². The van der Waals surface area contributed by atoms with Gasteiger partial charge in [0.25, 0.3) is 0 Å². The number of fused-ring (bicyclic) bond motifs is 1. The largest absolute Gasteiger partial charge is 0.357 e. The molecular formula is C19H29N5. The Kier molecular flexibility index (Phi) is 7.33. The van der Waals surface area contributed by atoms with Gasteiger partial charge in [-0.05, 0) is 38.3 Å². The van der Waals surface area contributed by atoms with Gasteiger partial charge in [-0.3, -0.25) is 4.99 Å². The minimum Gasteiger partial charge on any atom is -0.357 e. The summed E-state index contributed by atoms with van der Waals surface area (Å²) >= 11 is 0. The molecule has 0 aliphatic heterocycles. The number of rotatable bonds is 9. The number of aryl methyl sites for hydroxylation is 1. The highest BCUT2D eigenvalue weighted by Crippen LogP contribution is 2.12. The zero-order valence-electron chi connectivity index (χ0n) is 14.9. The quantitative estimate of drug-likeness (QED) is 0.333. The van der Waals surface area contributed by atoms with Crippen molar-refractivity contribution < 1.29 is 0 Å². The van der Waals surface area contributed by atoms with E-state index in [4.69, 9.17) is 4.99 Å². The third-order valence-electron chi connectivity index (χ3n) is 3.94. The van der Waals surface area contributed by atoms with Crippen LogP contribution in [0.4, 0.5) is 0 Å². The summed E-state index contributed by atoms with van der Waals surface area (Å²) in [5.74, 6) is 0.983. The molecule has 24 heavy (non-hydrogen) atoms. The fraction of sp³-hybridized carbons (Fsp3) is 0.474. The summed E-state index contributed by atoms with van der Waals surface area (Å²) in [6.45, 7) is 9.49. The second-order valence-corrected chi connectivity index (χ2v) is 5.87. The van der Waals surface area contributed by atoms with Gasteiger partial charge in [0.05, 0.1) is 17.4 Å². The highest BCUT2D eigenvalue weighted by Gasteiger charge is 2.05. The van der Waals surface area contributed by atoms with Crippen LogP contribution in [0.15, 0.2) is 48.2 Å². The summed E-state index contributed by atoms with van der Waals surface area (Å²) in [7, 11) is 2.09. The number of hydrogen-bond acceptors (Lipinski definition) is 2. The van der Waals surface area contributed by atoms with Crippen molar-refractivity contribution in [1.82, 2.24) is 19.8 Å². The van der Waals surface area contributed by atoms with Crippen molar-refractivity contribution in [2.75, 3.05) is 26.7 Å². The molecule has 0 saturated heterocycles. The first-order valence-corrected chi connectivity index (χ1v) is 8.76. The number of imidazole rings is 1. The van der Waals surface area contributed by atoms with Gasteiger partial charge in [0.1, 0.15) is 0 Å². The van der Waals surface area contributed by atoms with Gasteiger partial charge in [0.2, 0.25) is 0 Å². The Balaban J connectivity index is 1.86. The Morgan fingerprint density at radius 1 is 1.38 bits per heavy atom. The van der Waals surface area contributed by atoms with Crippen LogP contribution in [0.3, 0.4) is 0 Å². The number of aliphatic imine (C=N–C) groups is 1. The zero-order valence-corrected chi connectivity index (χ0v) is 14.9. The molecule has 0 bridgehead atoms. The van der Waals surface area contributed by atoms with Crippen LogP contribution in [-0.2, 0) is 6.54 Å². The predicted octanol–water partition coefficient (Wildman–Crippen LogP) is 3.29. The third-order valence-corrected chi connectivity index (χ3v) is 3.94. The van der Waals surface area contributed by atoms with E-state index in [0.29, 0.717) is 0 Å². The Morgan fingerprint density at radius 3 is 3.00 bits per heavy atom. The van der Waals surface area contributed by atoms with Gasteiger partial charge < -0.3 is 14.8 Å². The average molecular weight is 327 g/mol. The van der Waals surface area contributed by atoms with Crippen LogP contribution in [0, 0.1) is 0 Å². The van der Waals surface area contributed by atoms with E-state index in [-0.39, 0.29) is 0 Å². The maximum absolute atomic E-state index is 4.74. The van der Waals surface area contributed by atoms with E-state index in [1.165, 1.54) is 5.52 Å². The van der Waals surface area contributed by atoms with Crippen molar-refractivity contribution in [3.8, 4) is 0 Å². The second kappa shape index (κ2) is 9.75. The lowest BCUT2D eigenvalue weighted by atomic mass is 10.3. The minimum absolute atomic E-state index is 0.806. The van der Waals surface area contributed by atoms with Gasteiger partial charge in [-0.2, -0.15) is 0 Å². The van der Waals surface area contributed by atoms with Gasteiger partial charge in [-0.1, -0.05) is 18.2 Å². The first kappa shape index (κ1) is 18.0. The minimum atomic E-state index is 0.806. The number of nitrogens with zero attached hydrogens (tertiary/aromatic N) is 4. The van der Waals surface area contributed by atoms with Crippen LogP contribution < -0.4 is 5.32 Å². The Hall–Kier alpha value is -2.30. The van der Waals surface area contributed by atoms with E-state index >= 15 is 0 Å². The number of unbranched alkanes of at least 4 members (excludes halogenated alkanes) is 1. The molecule has 130 valence electrons. The van der Waals surface area contributed by atoms with Crippen molar-refractivity contribution in [2.45, 2.75) is 32.7 Å². The van der Waals surface area contributed by atoms with Crippen molar-refractivity contribution >= 4 is 17.0 Å². The van der Waals surface area contributed by atoms with Crippen LogP contribution in [-0.4, -0.2) is 47.1 Å². The highest BCUT2D eigenvalue weighted by molar-refractivity contribution is 5.79. The summed E-state index contributed by atoms with van der Waals surface area (Å²) in [6.07, 6.45) is 7.02. The number of allylic oxidation sites excluding steroid dienone is 1. The molecule has 1 aromatic heterocycles. The van der Waals surface area contributed by atoms with Crippen LogP contribution in [0.25, 0.3) is 11.0 Å². The second-order valence-electron chi connectivity index (χ2n) is 5.87. The molecule has 0 amide bonds. The number of nitrogens with one attached hydrogen (secondary N) is 1. The molecule has 0 unspecified atom stereocenters. The van der Waals surface area contributed by atoms with E-state index in [1.54, 1.807) is 0 Å². The molecule has 1 aromatic carbocycles. The van der Waals surface area contributed by atoms with Crippen LogP contribution in [0.5, 0.6) is 0 Å². The number of aromatic nitrogens is 2. The number of para-hydroxylation sites is 2. The summed E-state index contributed by atoms with van der Waals surface area (Å²) in [6, 6.07) is 8.24. The van der Waals surface area contributed by atoms with Crippen molar-refractivity contribution in [2.24, 2.45) is 4.99 Å². The highest BCUT2D eigenvalue weighted by atomic mass is 15.3. The van der Waals surface area contributed by atoms with Gasteiger partial charge in [-0.15, -0.1) is 6.58 Å². The van der Waals surface area contributed by atoms with E-state index in [0.717, 1.165) is 56.9 Å². The standard InChI is InChI=1S/C19H29N5/c1-4-6-9-14-23(3)19(20-5-2)21-13-10-15-24-16-22-17-11-7-8-12-18(17)24/h4,7-8,11-12,16H,1,5-6,9-10,13-15H2,2-3H3,(H,20,21). The van der Waals surface area contributed by atoms with E-state index in [2.05, 4.69) is 52.5 Å². The third kappa shape index (κ3) is 5.11. The van der Waals surface area contributed by atoms with Gasteiger partial charge in [0, 0.05) is 33.2 Å². The number of benzene rings is 1. The van der Waals surface area contributed by atoms with Crippen LogP contribution in [0.1, 0.15) is 26.2 Å². The average Bonchev–Trinajstić information content (AvgIpc) is 3.01. The fourth-order valence-electron chi connectivity index (χ4n) is 2.66. The first-order valence-electron chi connectivity index (χ1n) is 8.76. The summed E-state index contributed by atoms with van der Waals surface area (Å²) in [5, 5.41) is 3.36. The van der Waals surface area contributed by atoms with Crippen LogP contribution >= 0.6 is 0 Å². The Bertz CT molecular complexity index is 659. The van der Waals surface area contributed by atoms with E-state index in [9.17, 15) is 0 Å². The summed E-state index contributed by atoms with van der Waals surface area (Å²) in [4.78, 5) is 11.4. The molecule has 1 heterocycles. The molecule has 1 N–H and O–H groups in total. The maximum atomic E-state index is 4.74. The number of guanidine groups is 1. The fourth-order valence-corrected chi connectivity index (χ4v) is 2.66. The van der Waals surface area contributed by atoms with Crippen molar-refractivity contribution in [3.63, 3.8) is 0 Å². The first-order chi connectivity index (χ1) is 11.8. The molecule has 0 saturated carbocycles. The van der Waals surface area contributed by atoms with Gasteiger partial charge in [-0.25, -0.2) is 4.98 Å².